The molecule has 1 atom stereocenters. The summed E-state index contributed by atoms with van der Waals surface area (Å²) in [5.41, 5.74) is 6.01. The summed E-state index contributed by atoms with van der Waals surface area (Å²) in [4.78, 5) is 0. The van der Waals surface area contributed by atoms with E-state index in [1.807, 2.05) is 19.1 Å². The molecule has 2 nitrogen and oxygen atoms in total. The van der Waals surface area contributed by atoms with Crippen molar-refractivity contribution in [2.45, 2.75) is 52.9 Å². The number of hydrogen-bond donors (Lipinski definition) is 2. The van der Waals surface area contributed by atoms with Gasteiger partial charge < -0.3 is 10.2 Å². The number of aromatic hydroxyl groups is 2. The molecule has 0 bridgehead atoms. The van der Waals surface area contributed by atoms with E-state index in [0.29, 0.717) is 11.5 Å². The molecule has 0 radical (unpaired) electrons. The van der Waals surface area contributed by atoms with E-state index in [9.17, 15) is 10.2 Å². The molecule has 2 N–H and O–H groups in total. The van der Waals surface area contributed by atoms with E-state index < -0.39 is 0 Å². The van der Waals surface area contributed by atoms with E-state index in [-0.39, 0.29) is 16.2 Å². The van der Waals surface area contributed by atoms with Crippen molar-refractivity contribution >= 4 is 0 Å². The molecule has 2 heteroatoms. The van der Waals surface area contributed by atoms with Crippen molar-refractivity contribution in [3.05, 3.63) is 58.1 Å². The molecule has 2 aromatic carbocycles. The molecule has 0 heterocycles. The van der Waals surface area contributed by atoms with Crippen LogP contribution in [0.25, 0.3) is 0 Å². The lowest BCUT2D eigenvalue weighted by Gasteiger charge is -2.50. The summed E-state index contributed by atoms with van der Waals surface area (Å²) >= 11 is 0. The highest BCUT2D eigenvalue weighted by molar-refractivity contribution is 5.62. The van der Waals surface area contributed by atoms with Crippen LogP contribution < -0.4 is 0 Å². The molecule has 1 unspecified atom stereocenters. The molecular formula is C22H26O2. The van der Waals surface area contributed by atoms with E-state index in [1.54, 1.807) is 6.07 Å². The second-order valence-electron chi connectivity index (χ2n) is 9.01. The van der Waals surface area contributed by atoms with E-state index in [4.69, 9.17) is 0 Å². The van der Waals surface area contributed by atoms with Crippen LogP contribution in [-0.2, 0) is 18.3 Å². The van der Waals surface area contributed by atoms with E-state index >= 15 is 0 Å². The molecule has 0 fully saturated rings. The zero-order valence-electron chi connectivity index (χ0n) is 15.2. The zero-order chi connectivity index (χ0) is 17.5. The van der Waals surface area contributed by atoms with E-state index in [1.165, 1.54) is 22.3 Å². The van der Waals surface area contributed by atoms with Crippen LogP contribution in [0.5, 0.6) is 11.5 Å². The largest absolute Gasteiger partial charge is 0.508 e. The lowest BCUT2D eigenvalue weighted by molar-refractivity contribution is 0.0980. The third-order valence-electron chi connectivity index (χ3n) is 6.62. The summed E-state index contributed by atoms with van der Waals surface area (Å²) < 4.78 is 0. The summed E-state index contributed by atoms with van der Waals surface area (Å²) in [7, 11) is 0. The van der Waals surface area contributed by atoms with Crippen LogP contribution in [0.3, 0.4) is 0 Å². The Kier molecular flexibility index (Phi) is 2.82. The molecule has 0 aromatic heterocycles. The topological polar surface area (TPSA) is 40.5 Å². The third kappa shape index (κ3) is 1.62. The summed E-state index contributed by atoms with van der Waals surface area (Å²) in [6.07, 6.45) is 1.94. The first kappa shape index (κ1) is 15.6. The van der Waals surface area contributed by atoms with Gasteiger partial charge in [0.1, 0.15) is 11.5 Å². The van der Waals surface area contributed by atoms with Gasteiger partial charge in [0.15, 0.2) is 0 Å². The maximum absolute atomic E-state index is 10.2. The smallest absolute Gasteiger partial charge is 0.118 e. The minimum atomic E-state index is -0.151. The number of benzene rings is 2. The zero-order valence-corrected chi connectivity index (χ0v) is 15.2. The average molecular weight is 322 g/mol. The number of fused-ring (bicyclic) bond motifs is 4. The number of aryl methyl sites for hydroxylation is 1. The number of rotatable bonds is 0. The second kappa shape index (κ2) is 4.36. The Labute approximate surface area is 144 Å². The van der Waals surface area contributed by atoms with Crippen LogP contribution >= 0.6 is 0 Å². The molecule has 0 saturated heterocycles. The first-order valence-corrected chi connectivity index (χ1v) is 8.75. The molecular weight excluding hydrogens is 296 g/mol. The summed E-state index contributed by atoms with van der Waals surface area (Å²) in [6.45, 7) is 11.3. The van der Waals surface area contributed by atoms with Crippen molar-refractivity contribution in [1.29, 1.82) is 0 Å². The second-order valence-corrected chi connectivity index (χ2v) is 9.01. The lowest BCUT2D eigenvalue weighted by Crippen LogP contribution is -2.48. The van der Waals surface area contributed by atoms with Crippen molar-refractivity contribution in [2.24, 2.45) is 10.8 Å². The minimum Gasteiger partial charge on any atom is -0.508 e. The van der Waals surface area contributed by atoms with Gasteiger partial charge >= 0.3 is 0 Å². The Morgan fingerprint density at radius 3 is 2.04 bits per heavy atom. The van der Waals surface area contributed by atoms with Gasteiger partial charge in [-0.2, -0.15) is 0 Å². The van der Waals surface area contributed by atoms with Gasteiger partial charge in [0.25, 0.3) is 0 Å². The van der Waals surface area contributed by atoms with Gasteiger partial charge in [0.05, 0.1) is 0 Å². The fraction of sp³-hybridized carbons (Fsp3) is 0.455. The van der Waals surface area contributed by atoms with Crippen LogP contribution in [0.1, 0.15) is 55.5 Å². The summed E-state index contributed by atoms with van der Waals surface area (Å²) in [5, 5.41) is 20.4. The quantitative estimate of drug-likeness (QED) is 0.727. The van der Waals surface area contributed by atoms with Crippen LogP contribution in [0.4, 0.5) is 0 Å². The van der Waals surface area contributed by atoms with Crippen molar-refractivity contribution < 1.29 is 10.2 Å². The standard InChI is InChI=1S/C22H26O2/c1-13-8-17-15(9-19(13)24)12-21(4,5)22(17)18-10-16(23)7-6-14(18)11-20(22,2)3/h6-10,23-24H,11-12H2,1-5H3. The molecule has 1 spiro atoms. The highest BCUT2D eigenvalue weighted by Crippen LogP contribution is 2.68. The molecule has 2 aliphatic rings. The summed E-state index contributed by atoms with van der Waals surface area (Å²) in [5.74, 6) is 0.721. The SMILES string of the molecule is Cc1cc2c(cc1O)CC(C)(C)C21c2cc(O)ccc2CC1(C)C. The fourth-order valence-electron chi connectivity index (χ4n) is 6.04. The van der Waals surface area contributed by atoms with Crippen molar-refractivity contribution in [1.82, 2.24) is 0 Å². The van der Waals surface area contributed by atoms with Crippen LogP contribution in [-0.4, -0.2) is 10.2 Å². The molecule has 2 aromatic rings. The van der Waals surface area contributed by atoms with Gasteiger partial charge in [-0.3, -0.25) is 0 Å². The van der Waals surface area contributed by atoms with Crippen molar-refractivity contribution in [3.63, 3.8) is 0 Å². The molecule has 4 rings (SSSR count). The first-order chi connectivity index (χ1) is 11.1. The maximum Gasteiger partial charge on any atom is 0.118 e. The van der Waals surface area contributed by atoms with Crippen molar-refractivity contribution in [2.75, 3.05) is 0 Å². The van der Waals surface area contributed by atoms with Gasteiger partial charge in [-0.05, 0) is 76.6 Å². The predicted octanol–water partition coefficient (Wildman–Crippen LogP) is 4.86. The summed E-state index contributed by atoms with van der Waals surface area (Å²) in [6, 6.07) is 10.0. The van der Waals surface area contributed by atoms with Gasteiger partial charge in [0.2, 0.25) is 0 Å². The first-order valence-electron chi connectivity index (χ1n) is 8.75. The molecule has 0 saturated carbocycles. The minimum absolute atomic E-state index is 0.0120. The maximum atomic E-state index is 10.2. The molecule has 2 aliphatic carbocycles. The van der Waals surface area contributed by atoms with Crippen LogP contribution in [0, 0.1) is 17.8 Å². The molecule has 24 heavy (non-hydrogen) atoms. The van der Waals surface area contributed by atoms with E-state index in [0.717, 1.165) is 18.4 Å². The van der Waals surface area contributed by atoms with Crippen LogP contribution in [0.2, 0.25) is 0 Å². The highest BCUT2D eigenvalue weighted by atomic mass is 16.3. The van der Waals surface area contributed by atoms with Gasteiger partial charge in [0, 0.05) is 5.41 Å². The highest BCUT2D eigenvalue weighted by Gasteiger charge is 2.64. The Morgan fingerprint density at radius 2 is 1.38 bits per heavy atom. The average Bonchev–Trinajstić information content (AvgIpc) is 2.83. The van der Waals surface area contributed by atoms with Gasteiger partial charge in [-0.1, -0.05) is 39.8 Å². The third-order valence-corrected chi connectivity index (χ3v) is 6.62. The molecule has 0 aliphatic heterocycles. The molecule has 126 valence electrons. The Bertz CT molecular complexity index is 861. The normalized spacial score (nSPS) is 25.7. The number of phenolic OH excluding ortho intramolecular Hbond substituents is 2. The lowest BCUT2D eigenvalue weighted by atomic mass is 9.53. The Morgan fingerprint density at radius 1 is 0.792 bits per heavy atom. The predicted molar refractivity (Wildman–Crippen MR) is 96.7 cm³/mol. The Balaban J connectivity index is 2.14. The fourth-order valence-corrected chi connectivity index (χ4v) is 6.04. The number of phenols is 2. The van der Waals surface area contributed by atoms with E-state index in [2.05, 4.69) is 39.8 Å². The van der Waals surface area contributed by atoms with Crippen molar-refractivity contribution in [3.8, 4) is 11.5 Å². The molecule has 0 amide bonds. The monoisotopic (exact) mass is 322 g/mol. The Hall–Kier alpha value is -1.96. The van der Waals surface area contributed by atoms with Gasteiger partial charge in [-0.15, -0.1) is 0 Å². The number of hydrogen-bond acceptors (Lipinski definition) is 2. The van der Waals surface area contributed by atoms with Gasteiger partial charge in [-0.25, -0.2) is 0 Å². The van der Waals surface area contributed by atoms with Crippen LogP contribution in [0.15, 0.2) is 30.3 Å².